The zero-order valence-electron chi connectivity index (χ0n) is 19.2. The van der Waals surface area contributed by atoms with Gasteiger partial charge in [-0.1, -0.05) is 12.1 Å². The van der Waals surface area contributed by atoms with Crippen LogP contribution in [-0.2, 0) is 11.3 Å². The number of amides is 1. The largest absolute Gasteiger partial charge is 0.378 e. The zero-order valence-corrected chi connectivity index (χ0v) is 19.2. The maximum atomic E-state index is 12.5. The van der Waals surface area contributed by atoms with Gasteiger partial charge in [0.15, 0.2) is 0 Å². The van der Waals surface area contributed by atoms with E-state index >= 15 is 0 Å². The summed E-state index contributed by atoms with van der Waals surface area (Å²) in [5.74, 6) is 0.389. The number of pyridine rings is 1. The number of rotatable bonds is 7. The molecule has 5 rings (SSSR count). The molecule has 1 aliphatic rings. The second-order valence-corrected chi connectivity index (χ2v) is 8.15. The summed E-state index contributed by atoms with van der Waals surface area (Å²) in [6.07, 6.45) is 5.14. The van der Waals surface area contributed by atoms with Gasteiger partial charge in [-0.05, 0) is 60.2 Å². The molecule has 8 nitrogen and oxygen atoms in total. The molecule has 0 unspecified atom stereocenters. The fourth-order valence-electron chi connectivity index (χ4n) is 3.86. The molecule has 0 radical (unpaired) electrons. The summed E-state index contributed by atoms with van der Waals surface area (Å²) in [7, 11) is 0. The number of anilines is 3. The average molecular weight is 467 g/mol. The Bertz CT molecular complexity index is 1260. The molecular formula is C27H26N6O2. The third kappa shape index (κ3) is 5.80. The number of nitrogens with zero attached hydrogens (tertiary/aromatic N) is 4. The number of ether oxygens (including phenoxy) is 1. The molecule has 1 fully saturated rings. The molecule has 0 spiro atoms. The van der Waals surface area contributed by atoms with Gasteiger partial charge in [0, 0.05) is 60.7 Å². The molecule has 0 bridgehead atoms. The highest BCUT2D eigenvalue weighted by Crippen LogP contribution is 2.23. The predicted octanol–water partition coefficient (Wildman–Crippen LogP) is 4.05. The van der Waals surface area contributed by atoms with Crippen LogP contribution >= 0.6 is 0 Å². The first-order chi connectivity index (χ1) is 17.2. The second kappa shape index (κ2) is 10.8. The monoisotopic (exact) mass is 466 g/mol. The topological polar surface area (TPSA) is 92.3 Å². The van der Waals surface area contributed by atoms with Crippen molar-refractivity contribution in [3.8, 4) is 11.3 Å². The van der Waals surface area contributed by atoms with E-state index in [2.05, 4.69) is 42.6 Å². The minimum atomic E-state index is -0.126. The summed E-state index contributed by atoms with van der Waals surface area (Å²) in [4.78, 5) is 27.8. The smallest absolute Gasteiger partial charge is 0.251 e. The maximum Gasteiger partial charge on any atom is 0.251 e. The highest BCUT2D eigenvalue weighted by molar-refractivity contribution is 5.94. The molecule has 3 heterocycles. The van der Waals surface area contributed by atoms with Crippen LogP contribution in [0, 0.1) is 0 Å². The van der Waals surface area contributed by atoms with Gasteiger partial charge in [0.25, 0.3) is 5.91 Å². The summed E-state index contributed by atoms with van der Waals surface area (Å²) < 4.78 is 5.43. The molecular weight excluding hydrogens is 440 g/mol. The summed E-state index contributed by atoms with van der Waals surface area (Å²) in [5, 5.41) is 6.20. The van der Waals surface area contributed by atoms with Crippen LogP contribution in [0.1, 0.15) is 15.9 Å². The summed E-state index contributed by atoms with van der Waals surface area (Å²) >= 11 is 0. The van der Waals surface area contributed by atoms with E-state index in [9.17, 15) is 4.79 Å². The molecule has 0 saturated carbocycles. The lowest BCUT2D eigenvalue weighted by molar-refractivity contribution is 0.0951. The average Bonchev–Trinajstić information content (AvgIpc) is 2.93. The van der Waals surface area contributed by atoms with Crippen molar-refractivity contribution < 1.29 is 9.53 Å². The number of nitrogens with one attached hydrogen (secondary N) is 2. The van der Waals surface area contributed by atoms with Gasteiger partial charge in [-0.2, -0.15) is 0 Å². The van der Waals surface area contributed by atoms with E-state index in [1.54, 1.807) is 30.7 Å². The van der Waals surface area contributed by atoms with Gasteiger partial charge in [0.05, 0.1) is 18.9 Å². The van der Waals surface area contributed by atoms with E-state index < -0.39 is 0 Å². The van der Waals surface area contributed by atoms with Crippen LogP contribution in [0.5, 0.6) is 0 Å². The number of hydrogen-bond donors (Lipinski definition) is 2. The Kier molecular flexibility index (Phi) is 6.91. The Labute approximate surface area is 204 Å². The van der Waals surface area contributed by atoms with Crippen molar-refractivity contribution in [2.24, 2.45) is 0 Å². The molecule has 4 aromatic rings. The Morgan fingerprint density at radius 1 is 0.886 bits per heavy atom. The van der Waals surface area contributed by atoms with Gasteiger partial charge < -0.3 is 20.3 Å². The minimum absolute atomic E-state index is 0.126. The van der Waals surface area contributed by atoms with Crippen molar-refractivity contribution in [3.05, 3.63) is 96.4 Å². The standard InChI is InChI=1S/C27H26N6O2/c34-26(30-19-20-9-12-28-13-10-20)22-3-1-21(2-4-22)25-11-14-29-27(32-25)31-23-5-7-24(8-6-23)33-15-17-35-18-16-33/h1-14H,15-19H2,(H,30,34)(H,29,31,32). The molecule has 176 valence electrons. The Hall–Kier alpha value is -4.30. The van der Waals surface area contributed by atoms with Gasteiger partial charge in [0.2, 0.25) is 5.95 Å². The third-order valence-corrected chi connectivity index (χ3v) is 5.80. The van der Waals surface area contributed by atoms with Crippen LogP contribution < -0.4 is 15.5 Å². The van der Waals surface area contributed by atoms with Crippen molar-refractivity contribution in [2.75, 3.05) is 36.5 Å². The molecule has 1 saturated heterocycles. The fraction of sp³-hybridized carbons (Fsp3) is 0.185. The lowest BCUT2D eigenvalue weighted by Crippen LogP contribution is -2.36. The van der Waals surface area contributed by atoms with Gasteiger partial charge in [-0.3, -0.25) is 9.78 Å². The highest BCUT2D eigenvalue weighted by Gasteiger charge is 2.11. The van der Waals surface area contributed by atoms with Crippen LogP contribution in [0.15, 0.2) is 85.3 Å². The van der Waals surface area contributed by atoms with Gasteiger partial charge in [-0.25, -0.2) is 9.97 Å². The van der Waals surface area contributed by atoms with E-state index in [0.29, 0.717) is 18.1 Å². The molecule has 1 aliphatic heterocycles. The SMILES string of the molecule is O=C(NCc1ccncc1)c1ccc(-c2ccnc(Nc3ccc(N4CCOCC4)cc3)n2)cc1. The lowest BCUT2D eigenvalue weighted by Gasteiger charge is -2.28. The number of aromatic nitrogens is 3. The number of hydrogen-bond acceptors (Lipinski definition) is 7. The van der Waals surface area contributed by atoms with Crippen LogP contribution in [0.3, 0.4) is 0 Å². The van der Waals surface area contributed by atoms with E-state index in [-0.39, 0.29) is 5.91 Å². The number of carbonyl (C=O) groups is 1. The predicted molar refractivity (Wildman–Crippen MR) is 136 cm³/mol. The Morgan fingerprint density at radius 2 is 1.63 bits per heavy atom. The van der Waals surface area contributed by atoms with Crippen molar-refractivity contribution in [1.82, 2.24) is 20.3 Å². The summed E-state index contributed by atoms with van der Waals surface area (Å²) in [6, 6.07) is 21.2. The number of benzene rings is 2. The molecule has 0 aliphatic carbocycles. The summed E-state index contributed by atoms with van der Waals surface area (Å²) in [5.41, 5.74) is 5.37. The van der Waals surface area contributed by atoms with Crippen molar-refractivity contribution in [3.63, 3.8) is 0 Å². The molecule has 0 atom stereocenters. The molecule has 2 N–H and O–H groups in total. The van der Waals surface area contributed by atoms with E-state index in [1.807, 2.05) is 42.5 Å². The quantitative estimate of drug-likeness (QED) is 0.425. The van der Waals surface area contributed by atoms with Gasteiger partial charge in [0.1, 0.15) is 0 Å². The van der Waals surface area contributed by atoms with E-state index in [4.69, 9.17) is 4.74 Å². The summed E-state index contributed by atoms with van der Waals surface area (Å²) in [6.45, 7) is 3.79. The molecule has 1 amide bonds. The van der Waals surface area contributed by atoms with Crippen LogP contribution in [0.25, 0.3) is 11.3 Å². The van der Waals surface area contributed by atoms with E-state index in [1.165, 1.54) is 5.69 Å². The first-order valence-corrected chi connectivity index (χ1v) is 11.5. The maximum absolute atomic E-state index is 12.5. The van der Waals surface area contributed by atoms with Crippen LogP contribution in [0.2, 0.25) is 0 Å². The molecule has 2 aromatic carbocycles. The normalized spacial score (nSPS) is 13.3. The first-order valence-electron chi connectivity index (χ1n) is 11.5. The van der Waals surface area contributed by atoms with Crippen molar-refractivity contribution in [1.29, 1.82) is 0 Å². The minimum Gasteiger partial charge on any atom is -0.378 e. The fourth-order valence-corrected chi connectivity index (χ4v) is 3.86. The van der Waals surface area contributed by atoms with Gasteiger partial charge in [-0.15, -0.1) is 0 Å². The van der Waals surface area contributed by atoms with Crippen LogP contribution in [0.4, 0.5) is 17.3 Å². The van der Waals surface area contributed by atoms with Gasteiger partial charge >= 0.3 is 0 Å². The molecule has 35 heavy (non-hydrogen) atoms. The Balaban J connectivity index is 1.22. The molecule has 8 heteroatoms. The molecule has 2 aromatic heterocycles. The van der Waals surface area contributed by atoms with Crippen LogP contribution in [-0.4, -0.2) is 47.2 Å². The highest BCUT2D eigenvalue weighted by atomic mass is 16.5. The first kappa shape index (κ1) is 22.5. The number of morpholine rings is 1. The van der Waals surface area contributed by atoms with Crippen molar-refractivity contribution >= 4 is 23.2 Å². The van der Waals surface area contributed by atoms with E-state index in [0.717, 1.165) is 48.8 Å². The lowest BCUT2D eigenvalue weighted by atomic mass is 10.1. The van der Waals surface area contributed by atoms with Crippen molar-refractivity contribution in [2.45, 2.75) is 6.54 Å². The third-order valence-electron chi connectivity index (χ3n) is 5.80. The Morgan fingerprint density at radius 3 is 2.37 bits per heavy atom. The number of carbonyl (C=O) groups excluding carboxylic acids is 1. The second-order valence-electron chi connectivity index (χ2n) is 8.15. The zero-order chi connectivity index (χ0) is 23.9.